The van der Waals surface area contributed by atoms with Gasteiger partial charge in [0.05, 0.1) is 29.1 Å². The van der Waals surface area contributed by atoms with Gasteiger partial charge in [-0.3, -0.25) is 9.59 Å². The summed E-state index contributed by atoms with van der Waals surface area (Å²) in [6.07, 6.45) is -2.79. The van der Waals surface area contributed by atoms with Gasteiger partial charge in [-0.15, -0.1) is 11.8 Å². The van der Waals surface area contributed by atoms with Gasteiger partial charge in [0.25, 0.3) is 5.56 Å². The second-order valence-corrected chi connectivity index (χ2v) is 11.5. The molecule has 222 valence electrons. The molecule has 1 aromatic heterocycles. The van der Waals surface area contributed by atoms with Crippen LogP contribution in [0.2, 0.25) is 5.02 Å². The molecule has 1 atom stereocenters. The maximum Gasteiger partial charge on any atom is 0.416 e. The number of carbonyl (C=O) groups is 1. The zero-order chi connectivity index (χ0) is 29.7. The third-order valence-electron chi connectivity index (χ3n) is 7.16. The lowest BCUT2D eigenvalue weighted by Gasteiger charge is -2.30. The number of aliphatic hydroxyl groups is 1. The average Bonchev–Trinajstić information content (AvgIpc) is 2.93. The van der Waals surface area contributed by atoms with Crippen LogP contribution in [0.3, 0.4) is 0 Å². The first-order valence-electron chi connectivity index (χ1n) is 13.4. The van der Waals surface area contributed by atoms with Gasteiger partial charge in [-0.2, -0.15) is 13.2 Å². The number of thioether (sulfide) groups is 1. The molecule has 3 aromatic rings. The molecule has 1 fully saturated rings. The van der Waals surface area contributed by atoms with Crippen LogP contribution in [-0.2, 0) is 15.7 Å². The summed E-state index contributed by atoms with van der Waals surface area (Å²) in [5, 5.41) is 21.6. The summed E-state index contributed by atoms with van der Waals surface area (Å²) < 4.78 is 45.8. The number of hydrogen-bond donors (Lipinski definition) is 3. The molecule has 1 saturated heterocycles. The number of rotatable bonds is 10. The van der Waals surface area contributed by atoms with E-state index in [1.807, 2.05) is 0 Å². The number of alkyl halides is 3. The number of phenolic OH excluding ortho intramolecular Hbond substituents is 1. The van der Waals surface area contributed by atoms with Gasteiger partial charge in [0.15, 0.2) is 0 Å². The van der Waals surface area contributed by atoms with Crippen molar-refractivity contribution in [1.29, 1.82) is 0 Å². The fraction of sp³-hybridized carbons (Fsp3) is 0.448. The van der Waals surface area contributed by atoms with Gasteiger partial charge in [-0.1, -0.05) is 11.6 Å². The van der Waals surface area contributed by atoms with Crippen molar-refractivity contribution >= 4 is 40.2 Å². The largest absolute Gasteiger partial charge is 0.507 e. The van der Waals surface area contributed by atoms with Gasteiger partial charge in [0.2, 0.25) is 0 Å². The van der Waals surface area contributed by atoms with Crippen LogP contribution in [-0.4, -0.2) is 64.2 Å². The number of likely N-dealkylation sites (tertiary alicyclic amines) is 1. The van der Waals surface area contributed by atoms with Crippen molar-refractivity contribution < 1.29 is 32.9 Å². The van der Waals surface area contributed by atoms with Crippen LogP contribution in [0.15, 0.2) is 46.1 Å². The number of aliphatic hydroxyl groups excluding tert-OH is 1. The Labute approximate surface area is 244 Å². The van der Waals surface area contributed by atoms with Crippen molar-refractivity contribution in [1.82, 2.24) is 9.88 Å². The van der Waals surface area contributed by atoms with Gasteiger partial charge >= 0.3 is 12.1 Å². The molecule has 41 heavy (non-hydrogen) atoms. The van der Waals surface area contributed by atoms with Gasteiger partial charge in [-0.25, -0.2) is 0 Å². The summed E-state index contributed by atoms with van der Waals surface area (Å²) >= 11 is 7.17. The first-order valence-corrected chi connectivity index (χ1v) is 14.8. The number of benzene rings is 2. The standard InChI is InChI=1S/C29H32ClF3N2O5S/c1-2-40-28(39)17-9-12-35(13-10-17)11-3-4-20(36)16-41-26-25(22-15-19(30)6-8-24(22)37)21-14-18(29(31,32)33)5-7-23(21)34-27(26)38/h5-8,14-15,17,20,36-37H,2-4,9-13,16H2,1H3,(H,34,38). The van der Waals surface area contributed by atoms with Crippen LogP contribution in [0.5, 0.6) is 5.75 Å². The van der Waals surface area contributed by atoms with E-state index in [0.29, 0.717) is 19.4 Å². The van der Waals surface area contributed by atoms with Gasteiger partial charge in [0.1, 0.15) is 5.75 Å². The smallest absolute Gasteiger partial charge is 0.416 e. The van der Waals surface area contributed by atoms with E-state index in [0.717, 1.165) is 56.4 Å². The van der Waals surface area contributed by atoms with E-state index in [-0.39, 0.29) is 55.3 Å². The number of H-pyrrole nitrogens is 1. The number of fused-ring (bicyclic) bond motifs is 1. The number of carbonyl (C=O) groups excluding carboxylic acids is 1. The van der Waals surface area contributed by atoms with E-state index >= 15 is 0 Å². The zero-order valence-corrected chi connectivity index (χ0v) is 24.0. The lowest BCUT2D eigenvalue weighted by molar-refractivity contribution is -0.149. The van der Waals surface area contributed by atoms with Crippen molar-refractivity contribution in [2.24, 2.45) is 5.92 Å². The van der Waals surface area contributed by atoms with E-state index < -0.39 is 23.4 Å². The Bertz CT molecular complexity index is 1440. The van der Waals surface area contributed by atoms with Crippen molar-refractivity contribution in [3.8, 4) is 16.9 Å². The number of pyridine rings is 1. The minimum atomic E-state index is -4.62. The van der Waals surface area contributed by atoms with Crippen LogP contribution >= 0.6 is 23.4 Å². The molecule has 0 saturated carbocycles. The number of piperidine rings is 1. The Balaban J connectivity index is 1.49. The van der Waals surface area contributed by atoms with Crippen LogP contribution in [0.1, 0.15) is 38.2 Å². The van der Waals surface area contributed by atoms with E-state index in [1.54, 1.807) is 6.92 Å². The number of nitrogens with one attached hydrogen (secondary N) is 1. The Hall–Kier alpha value is -2.73. The quantitative estimate of drug-likeness (QED) is 0.188. The fourth-order valence-corrected chi connectivity index (χ4v) is 6.27. The summed E-state index contributed by atoms with van der Waals surface area (Å²) in [5.41, 5.74) is -1.03. The summed E-state index contributed by atoms with van der Waals surface area (Å²) in [6.45, 7) is 4.45. The number of hydrogen-bond acceptors (Lipinski definition) is 7. The highest BCUT2D eigenvalue weighted by Crippen LogP contribution is 2.42. The predicted molar refractivity (Wildman–Crippen MR) is 153 cm³/mol. The number of aromatic hydroxyl groups is 1. The lowest BCUT2D eigenvalue weighted by Crippen LogP contribution is -2.37. The molecule has 7 nitrogen and oxygen atoms in total. The van der Waals surface area contributed by atoms with Crippen LogP contribution in [0, 0.1) is 5.92 Å². The molecule has 3 N–H and O–H groups in total. The molecule has 2 heterocycles. The molecule has 0 radical (unpaired) electrons. The maximum atomic E-state index is 13.6. The highest BCUT2D eigenvalue weighted by atomic mass is 35.5. The SMILES string of the molecule is CCOC(=O)C1CCN(CCCC(O)CSc2c(-c3cc(Cl)ccc3O)c3cc(C(F)(F)F)ccc3[nH]c2=O)CC1. The summed E-state index contributed by atoms with van der Waals surface area (Å²) in [7, 11) is 0. The Morgan fingerprint density at radius 2 is 1.95 bits per heavy atom. The first kappa shape index (κ1) is 31.2. The number of phenols is 1. The van der Waals surface area contributed by atoms with E-state index in [2.05, 4.69) is 9.88 Å². The molecule has 1 aliphatic heterocycles. The molecule has 0 bridgehead atoms. The molecular formula is C29H32ClF3N2O5S. The van der Waals surface area contributed by atoms with Crippen LogP contribution in [0.25, 0.3) is 22.0 Å². The number of aromatic amines is 1. The number of ether oxygens (including phenoxy) is 1. The third kappa shape index (κ3) is 7.77. The van der Waals surface area contributed by atoms with Gasteiger partial charge in [-0.05, 0) is 88.6 Å². The van der Waals surface area contributed by atoms with E-state index in [4.69, 9.17) is 16.3 Å². The van der Waals surface area contributed by atoms with Gasteiger partial charge < -0.3 is 24.8 Å². The topological polar surface area (TPSA) is 103 Å². The Kier molecular flexibility index (Phi) is 10.3. The summed E-state index contributed by atoms with van der Waals surface area (Å²) in [6, 6.07) is 7.16. The van der Waals surface area contributed by atoms with Crippen molar-refractivity contribution in [2.75, 3.05) is 32.0 Å². The molecule has 0 aliphatic carbocycles. The molecular weight excluding hydrogens is 581 g/mol. The van der Waals surface area contributed by atoms with E-state index in [9.17, 15) is 33.0 Å². The van der Waals surface area contributed by atoms with Crippen LogP contribution in [0.4, 0.5) is 13.2 Å². The molecule has 1 aliphatic rings. The van der Waals surface area contributed by atoms with E-state index in [1.165, 1.54) is 24.3 Å². The first-order chi connectivity index (χ1) is 19.5. The number of halogens is 4. The average molecular weight is 613 g/mol. The van der Waals surface area contributed by atoms with Crippen molar-refractivity contribution in [3.63, 3.8) is 0 Å². The zero-order valence-electron chi connectivity index (χ0n) is 22.5. The molecule has 2 aromatic carbocycles. The Morgan fingerprint density at radius 1 is 1.22 bits per heavy atom. The second-order valence-electron chi connectivity index (χ2n) is 10.1. The molecule has 12 heteroatoms. The van der Waals surface area contributed by atoms with Crippen molar-refractivity contribution in [2.45, 2.75) is 49.8 Å². The number of nitrogens with zero attached hydrogens (tertiary/aromatic N) is 1. The molecule has 1 unspecified atom stereocenters. The minimum absolute atomic E-state index is 0.0754. The Morgan fingerprint density at radius 3 is 2.63 bits per heavy atom. The monoisotopic (exact) mass is 612 g/mol. The minimum Gasteiger partial charge on any atom is -0.507 e. The second kappa shape index (κ2) is 13.5. The summed E-state index contributed by atoms with van der Waals surface area (Å²) in [5.74, 6) is -0.350. The van der Waals surface area contributed by atoms with Gasteiger partial charge in [0, 0.05) is 32.8 Å². The highest BCUT2D eigenvalue weighted by molar-refractivity contribution is 7.99. The summed E-state index contributed by atoms with van der Waals surface area (Å²) in [4.78, 5) is 30.0. The highest BCUT2D eigenvalue weighted by Gasteiger charge is 2.31. The van der Waals surface area contributed by atoms with Crippen molar-refractivity contribution in [3.05, 3.63) is 57.3 Å². The normalized spacial score (nSPS) is 15.8. The van der Waals surface area contributed by atoms with Crippen LogP contribution < -0.4 is 5.56 Å². The lowest BCUT2D eigenvalue weighted by atomic mass is 9.97. The molecule has 0 spiro atoms. The fourth-order valence-electron chi connectivity index (χ4n) is 5.03. The number of aromatic nitrogens is 1. The maximum absolute atomic E-state index is 13.6. The predicted octanol–water partition coefficient (Wildman–Crippen LogP) is 6.08. The molecule has 0 amide bonds. The number of esters is 1. The third-order valence-corrected chi connectivity index (χ3v) is 8.63. The molecule has 4 rings (SSSR count).